The molecule has 0 saturated heterocycles. The molecule has 0 radical (unpaired) electrons. The van der Waals surface area contributed by atoms with Crippen LogP contribution in [0.5, 0.6) is 0 Å². The van der Waals surface area contributed by atoms with Crippen molar-refractivity contribution in [3.05, 3.63) is 110 Å². The molecule has 2 aromatic carbocycles. The van der Waals surface area contributed by atoms with Gasteiger partial charge in [0.2, 0.25) is 0 Å². The molecule has 6 nitrogen and oxygen atoms in total. The molecule has 0 amide bonds. The van der Waals surface area contributed by atoms with Gasteiger partial charge in [0.05, 0.1) is 11.9 Å². The van der Waals surface area contributed by atoms with Gasteiger partial charge in [0.1, 0.15) is 5.65 Å². The molecule has 152 valence electrons. The largest absolute Gasteiger partial charge is 0.332 e. The summed E-state index contributed by atoms with van der Waals surface area (Å²) in [6, 6.07) is 21.6. The van der Waals surface area contributed by atoms with Gasteiger partial charge in [-0.15, -0.1) is 0 Å². The van der Waals surface area contributed by atoms with Crippen LogP contribution in [-0.2, 0) is 26.6 Å². The number of fused-ring (bicyclic) bond motifs is 1. The monoisotopic (exact) mass is 400 g/mol. The standard InChI is InChI=1S/C24H24N4O2/c1-27-22-21(23(29)28(24(27)30)17-19-10-6-3-7-11-19)20(13-15-26-22)16-25-14-12-18-8-4-2-5-9-18/h2-11,13,15,25H,12,14,16-17H2,1H3. The number of nitrogens with zero attached hydrogens (tertiary/aromatic N) is 3. The van der Waals surface area contributed by atoms with Crippen molar-refractivity contribution in [2.24, 2.45) is 7.05 Å². The molecule has 0 unspecified atom stereocenters. The minimum atomic E-state index is -0.363. The maximum absolute atomic E-state index is 13.3. The molecular formula is C24H24N4O2. The highest BCUT2D eigenvalue weighted by molar-refractivity contribution is 5.77. The zero-order chi connectivity index (χ0) is 20.9. The highest BCUT2D eigenvalue weighted by atomic mass is 16.2. The number of aromatic nitrogens is 3. The molecule has 4 aromatic rings. The van der Waals surface area contributed by atoms with E-state index in [9.17, 15) is 9.59 Å². The molecule has 30 heavy (non-hydrogen) atoms. The Labute approximate surface area is 174 Å². The van der Waals surface area contributed by atoms with Crippen molar-refractivity contribution < 1.29 is 0 Å². The van der Waals surface area contributed by atoms with Crippen LogP contribution in [0.2, 0.25) is 0 Å². The van der Waals surface area contributed by atoms with E-state index in [2.05, 4.69) is 22.4 Å². The van der Waals surface area contributed by atoms with Crippen molar-refractivity contribution in [3.8, 4) is 0 Å². The van der Waals surface area contributed by atoms with E-state index in [0.717, 1.165) is 24.1 Å². The Bertz CT molecular complexity index is 1260. The van der Waals surface area contributed by atoms with E-state index in [1.165, 1.54) is 14.7 Å². The first kappa shape index (κ1) is 19.8. The molecule has 0 aliphatic carbocycles. The summed E-state index contributed by atoms with van der Waals surface area (Å²) in [6.07, 6.45) is 2.55. The van der Waals surface area contributed by atoms with Gasteiger partial charge in [0.15, 0.2) is 0 Å². The summed E-state index contributed by atoms with van der Waals surface area (Å²) in [5.74, 6) is 0. The lowest BCUT2D eigenvalue weighted by atomic mass is 10.1. The highest BCUT2D eigenvalue weighted by Gasteiger charge is 2.15. The quantitative estimate of drug-likeness (QED) is 0.484. The minimum absolute atomic E-state index is 0.234. The molecule has 0 bridgehead atoms. The number of hydrogen-bond acceptors (Lipinski definition) is 4. The third-order valence-corrected chi connectivity index (χ3v) is 5.24. The first-order valence-electron chi connectivity index (χ1n) is 10.0. The summed E-state index contributed by atoms with van der Waals surface area (Å²) in [5.41, 5.74) is 2.76. The third-order valence-electron chi connectivity index (χ3n) is 5.24. The Hall–Kier alpha value is -3.51. The van der Waals surface area contributed by atoms with E-state index in [0.29, 0.717) is 17.6 Å². The van der Waals surface area contributed by atoms with Gasteiger partial charge in [0, 0.05) is 19.8 Å². The van der Waals surface area contributed by atoms with Crippen LogP contribution in [0.15, 0.2) is 82.5 Å². The second-order valence-electron chi connectivity index (χ2n) is 7.30. The van der Waals surface area contributed by atoms with E-state index >= 15 is 0 Å². The van der Waals surface area contributed by atoms with Gasteiger partial charge < -0.3 is 5.32 Å². The summed E-state index contributed by atoms with van der Waals surface area (Å²) in [6.45, 7) is 1.56. The van der Waals surface area contributed by atoms with Gasteiger partial charge in [-0.05, 0) is 35.7 Å². The van der Waals surface area contributed by atoms with Crippen LogP contribution in [0.25, 0.3) is 11.0 Å². The van der Waals surface area contributed by atoms with Crippen LogP contribution in [0.3, 0.4) is 0 Å². The normalized spacial score (nSPS) is 11.1. The molecule has 0 fully saturated rings. The Morgan fingerprint density at radius 2 is 1.57 bits per heavy atom. The number of benzene rings is 2. The molecular weight excluding hydrogens is 376 g/mol. The van der Waals surface area contributed by atoms with Crippen molar-refractivity contribution in [3.63, 3.8) is 0 Å². The number of rotatable bonds is 7. The zero-order valence-electron chi connectivity index (χ0n) is 16.9. The summed E-state index contributed by atoms with van der Waals surface area (Å²) in [4.78, 5) is 30.4. The van der Waals surface area contributed by atoms with E-state index in [1.54, 1.807) is 13.2 Å². The molecule has 0 aliphatic rings. The molecule has 0 aliphatic heterocycles. The van der Waals surface area contributed by atoms with Crippen molar-refractivity contribution in [1.29, 1.82) is 0 Å². The van der Waals surface area contributed by atoms with Crippen LogP contribution in [0.4, 0.5) is 0 Å². The van der Waals surface area contributed by atoms with Crippen molar-refractivity contribution in [2.45, 2.75) is 19.5 Å². The van der Waals surface area contributed by atoms with E-state index in [-0.39, 0.29) is 17.8 Å². The smallest absolute Gasteiger partial charge is 0.312 e. The molecule has 2 aromatic heterocycles. The lowest BCUT2D eigenvalue weighted by molar-refractivity contribution is 0.651. The Balaban J connectivity index is 1.64. The first-order chi connectivity index (χ1) is 14.6. The molecule has 1 N–H and O–H groups in total. The number of aryl methyl sites for hydroxylation is 1. The summed E-state index contributed by atoms with van der Waals surface area (Å²) in [5, 5.41) is 3.90. The van der Waals surface area contributed by atoms with Crippen molar-refractivity contribution >= 4 is 11.0 Å². The maximum Gasteiger partial charge on any atom is 0.332 e. The van der Waals surface area contributed by atoms with Gasteiger partial charge in [-0.2, -0.15) is 0 Å². The Morgan fingerprint density at radius 3 is 2.27 bits per heavy atom. The SMILES string of the molecule is Cn1c(=O)n(Cc2ccccc2)c(=O)c2c(CNCCc3ccccc3)ccnc21. The first-order valence-corrected chi connectivity index (χ1v) is 10.0. The van der Waals surface area contributed by atoms with Crippen LogP contribution < -0.4 is 16.6 Å². The fraction of sp³-hybridized carbons (Fsp3) is 0.208. The predicted octanol–water partition coefficient (Wildman–Crippen LogP) is 2.48. The Morgan fingerprint density at radius 1 is 0.900 bits per heavy atom. The molecule has 6 heteroatoms. The summed E-state index contributed by atoms with van der Waals surface area (Å²) < 4.78 is 2.74. The molecule has 4 rings (SSSR count). The highest BCUT2D eigenvalue weighted by Crippen LogP contribution is 2.11. The van der Waals surface area contributed by atoms with E-state index < -0.39 is 0 Å². The van der Waals surface area contributed by atoms with Crippen molar-refractivity contribution in [1.82, 2.24) is 19.4 Å². The molecule has 0 atom stereocenters. The summed E-state index contributed by atoms with van der Waals surface area (Å²) >= 11 is 0. The lowest BCUT2D eigenvalue weighted by Crippen LogP contribution is -2.40. The number of hydrogen-bond donors (Lipinski definition) is 1. The average molecular weight is 400 g/mol. The van der Waals surface area contributed by atoms with Crippen LogP contribution in [-0.4, -0.2) is 20.7 Å². The second-order valence-corrected chi connectivity index (χ2v) is 7.30. The van der Waals surface area contributed by atoms with Crippen LogP contribution in [0.1, 0.15) is 16.7 Å². The van der Waals surface area contributed by atoms with Crippen LogP contribution >= 0.6 is 0 Å². The van der Waals surface area contributed by atoms with E-state index in [4.69, 9.17) is 0 Å². The topological polar surface area (TPSA) is 68.9 Å². The molecule has 2 heterocycles. The predicted molar refractivity (Wildman–Crippen MR) is 119 cm³/mol. The number of nitrogens with one attached hydrogen (secondary N) is 1. The van der Waals surface area contributed by atoms with Gasteiger partial charge in [-0.1, -0.05) is 60.7 Å². The van der Waals surface area contributed by atoms with Gasteiger partial charge >= 0.3 is 5.69 Å². The van der Waals surface area contributed by atoms with Crippen LogP contribution in [0, 0.1) is 0 Å². The average Bonchev–Trinajstić information content (AvgIpc) is 2.79. The fourth-order valence-electron chi connectivity index (χ4n) is 3.62. The maximum atomic E-state index is 13.3. The Kier molecular flexibility index (Phi) is 5.86. The lowest BCUT2D eigenvalue weighted by Gasteiger charge is -2.13. The second kappa shape index (κ2) is 8.88. The van der Waals surface area contributed by atoms with Crippen molar-refractivity contribution in [2.75, 3.05) is 6.54 Å². The van der Waals surface area contributed by atoms with Gasteiger partial charge in [0.25, 0.3) is 5.56 Å². The summed E-state index contributed by atoms with van der Waals surface area (Å²) in [7, 11) is 1.66. The minimum Gasteiger partial charge on any atom is -0.312 e. The fourth-order valence-corrected chi connectivity index (χ4v) is 3.62. The zero-order valence-corrected chi connectivity index (χ0v) is 16.9. The van der Waals surface area contributed by atoms with Gasteiger partial charge in [-0.25, -0.2) is 9.78 Å². The molecule has 0 spiro atoms. The number of pyridine rings is 1. The molecule has 0 saturated carbocycles. The third kappa shape index (κ3) is 4.09. The van der Waals surface area contributed by atoms with Gasteiger partial charge in [-0.3, -0.25) is 13.9 Å². The van der Waals surface area contributed by atoms with E-state index in [1.807, 2.05) is 54.6 Å².